The van der Waals surface area contributed by atoms with Gasteiger partial charge >= 0.3 is 0 Å². The van der Waals surface area contributed by atoms with Gasteiger partial charge in [-0.15, -0.1) is 0 Å². The number of fused-ring (bicyclic) bond motifs is 1. The highest BCUT2D eigenvalue weighted by Crippen LogP contribution is 2.29. The van der Waals surface area contributed by atoms with E-state index in [4.69, 9.17) is 0 Å². The molecule has 1 aliphatic rings. The van der Waals surface area contributed by atoms with Crippen LogP contribution in [0.25, 0.3) is 10.9 Å². The fraction of sp³-hybridized carbons (Fsp3) is 0.471. The van der Waals surface area contributed by atoms with Crippen LogP contribution < -0.4 is 0 Å². The molecule has 1 saturated heterocycles. The summed E-state index contributed by atoms with van der Waals surface area (Å²) in [5.41, 5.74) is 2.29. The molecule has 0 radical (unpaired) electrons. The van der Waals surface area contributed by atoms with Crippen molar-refractivity contribution < 1.29 is 4.79 Å². The molecule has 1 aromatic heterocycles. The predicted octanol–water partition coefficient (Wildman–Crippen LogP) is 3.47. The number of nitrogens with zero attached hydrogens (tertiary/aromatic N) is 1. The summed E-state index contributed by atoms with van der Waals surface area (Å²) in [6.07, 6.45) is 4.20. The second kappa shape index (κ2) is 5.06. The number of Topliss-reactive ketones (excluding diaryl/α,β-unsaturated/α-hetero) is 1. The topological polar surface area (TPSA) is 36.1 Å². The Labute approximate surface area is 120 Å². The standard InChI is InChI=1S/C17H22N2O/c1-17(2)7-9-19(10-8-17)12-16(20)14-11-18-15-6-4-3-5-13(14)15/h3-6,11,18H,7-10,12H2,1-2H3. The monoisotopic (exact) mass is 270 g/mol. The highest BCUT2D eigenvalue weighted by Gasteiger charge is 2.26. The van der Waals surface area contributed by atoms with E-state index in [2.05, 4.69) is 23.7 Å². The zero-order valence-corrected chi connectivity index (χ0v) is 12.3. The summed E-state index contributed by atoms with van der Waals surface area (Å²) >= 11 is 0. The van der Waals surface area contributed by atoms with Crippen LogP contribution >= 0.6 is 0 Å². The Morgan fingerprint density at radius 2 is 1.95 bits per heavy atom. The van der Waals surface area contributed by atoms with E-state index in [1.807, 2.05) is 30.5 Å². The zero-order chi connectivity index (χ0) is 14.2. The number of aromatic amines is 1. The van der Waals surface area contributed by atoms with E-state index < -0.39 is 0 Å². The number of para-hydroxylation sites is 1. The third-order valence-electron chi connectivity index (χ3n) is 4.47. The molecule has 2 aromatic rings. The smallest absolute Gasteiger partial charge is 0.178 e. The highest BCUT2D eigenvalue weighted by atomic mass is 16.1. The largest absolute Gasteiger partial charge is 0.360 e. The molecule has 20 heavy (non-hydrogen) atoms. The van der Waals surface area contributed by atoms with E-state index in [-0.39, 0.29) is 5.78 Å². The molecule has 0 spiro atoms. The van der Waals surface area contributed by atoms with Crippen LogP contribution in [0.5, 0.6) is 0 Å². The van der Waals surface area contributed by atoms with Crippen LogP contribution in [0.2, 0.25) is 0 Å². The van der Waals surface area contributed by atoms with E-state index in [0.29, 0.717) is 12.0 Å². The van der Waals surface area contributed by atoms with Gasteiger partial charge in [0.05, 0.1) is 6.54 Å². The van der Waals surface area contributed by atoms with Crippen molar-refractivity contribution in [3.05, 3.63) is 36.0 Å². The third-order valence-corrected chi connectivity index (χ3v) is 4.47. The average molecular weight is 270 g/mol. The first-order chi connectivity index (χ1) is 9.55. The number of hydrogen-bond acceptors (Lipinski definition) is 2. The van der Waals surface area contributed by atoms with Gasteiger partial charge in [-0.3, -0.25) is 9.69 Å². The molecule has 106 valence electrons. The Balaban J connectivity index is 1.71. The molecule has 0 unspecified atom stereocenters. The maximum absolute atomic E-state index is 12.5. The van der Waals surface area contributed by atoms with Crippen LogP contribution in [0.3, 0.4) is 0 Å². The first-order valence-electron chi connectivity index (χ1n) is 7.37. The summed E-state index contributed by atoms with van der Waals surface area (Å²) in [6.45, 7) is 7.22. The van der Waals surface area contributed by atoms with Crippen molar-refractivity contribution in [2.24, 2.45) is 5.41 Å². The number of rotatable bonds is 3. The summed E-state index contributed by atoms with van der Waals surface area (Å²) in [7, 11) is 0. The lowest BCUT2D eigenvalue weighted by Crippen LogP contribution is -2.40. The van der Waals surface area contributed by atoms with Crippen molar-refractivity contribution in [1.82, 2.24) is 9.88 Å². The Morgan fingerprint density at radius 3 is 2.70 bits per heavy atom. The molecule has 0 amide bonds. The molecule has 3 nitrogen and oxygen atoms in total. The van der Waals surface area contributed by atoms with Crippen molar-refractivity contribution in [3.63, 3.8) is 0 Å². The first-order valence-corrected chi connectivity index (χ1v) is 7.37. The van der Waals surface area contributed by atoms with Crippen LogP contribution in [0, 0.1) is 5.41 Å². The number of benzene rings is 1. The van der Waals surface area contributed by atoms with Gasteiger partial charge < -0.3 is 4.98 Å². The van der Waals surface area contributed by atoms with Crippen molar-refractivity contribution >= 4 is 16.7 Å². The lowest BCUT2D eigenvalue weighted by Gasteiger charge is -2.36. The zero-order valence-electron chi connectivity index (χ0n) is 12.3. The minimum atomic E-state index is 0.224. The number of carbonyl (C=O) groups is 1. The molecule has 0 aliphatic carbocycles. The van der Waals surface area contributed by atoms with Gasteiger partial charge in [0.25, 0.3) is 0 Å². The Hall–Kier alpha value is -1.61. The number of nitrogens with one attached hydrogen (secondary N) is 1. The Morgan fingerprint density at radius 1 is 1.25 bits per heavy atom. The van der Waals surface area contributed by atoms with Crippen LogP contribution in [0.1, 0.15) is 37.0 Å². The van der Waals surface area contributed by atoms with Gasteiger partial charge in [-0.05, 0) is 37.4 Å². The van der Waals surface area contributed by atoms with Gasteiger partial charge in [0.1, 0.15) is 0 Å². The van der Waals surface area contributed by atoms with Crippen LogP contribution in [0.15, 0.2) is 30.5 Å². The number of piperidine rings is 1. The quantitative estimate of drug-likeness (QED) is 0.867. The molecule has 1 N–H and O–H groups in total. The van der Waals surface area contributed by atoms with Crippen LogP contribution in [0.4, 0.5) is 0 Å². The summed E-state index contributed by atoms with van der Waals surface area (Å²) in [4.78, 5) is 18.0. The van der Waals surface area contributed by atoms with Gasteiger partial charge in [-0.1, -0.05) is 32.0 Å². The first kappa shape index (κ1) is 13.4. The minimum Gasteiger partial charge on any atom is -0.360 e. The van der Waals surface area contributed by atoms with Crippen molar-refractivity contribution in [2.45, 2.75) is 26.7 Å². The van der Waals surface area contributed by atoms with E-state index >= 15 is 0 Å². The molecule has 0 saturated carbocycles. The van der Waals surface area contributed by atoms with Crippen molar-refractivity contribution in [3.8, 4) is 0 Å². The van der Waals surface area contributed by atoms with Crippen LogP contribution in [-0.2, 0) is 0 Å². The third kappa shape index (κ3) is 2.63. The molecular weight excluding hydrogens is 248 g/mol. The van der Waals surface area contributed by atoms with Gasteiger partial charge in [-0.25, -0.2) is 0 Å². The van der Waals surface area contributed by atoms with Gasteiger partial charge in [-0.2, -0.15) is 0 Å². The predicted molar refractivity (Wildman–Crippen MR) is 82.1 cm³/mol. The molecule has 1 aromatic carbocycles. The van der Waals surface area contributed by atoms with E-state index in [9.17, 15) is 4.79 Å². The summed E-state index contributed by atoms with van der Waals surface area (Å²) < 4.78 is 0. The molecule has 0 bridgehead atoms. The Kier molecular flexibility index (Phi) is 3.38. The number of carbonyl (C=O) groups excluding carboxylic acids is 1. The molecule has 2 heterocycles. The number of ketones is 1. The number of aromatic nitrogens is 1. The van der Waals surface area contributed by atoms with Gasteiger partial charge in [0.15, 0.2) is 5.78 Å². The van der Waals surface area contributed by atoms with E-state index in [1.54, 1.807) is 0 Å². The maximum Gasteiger partial charge on any atom is 0.178 e. The fourth-order valence-corrected chi connectivity index (χ4v) is 2.91. The lowest BCUT2D eigenvalue weighted by molar-refractivity contribution is 0.0847. The molecular formula is C17H22N2O. The molecule has 1 aliphatic heterocycles. The summed E-state index contributed by atoms with van der Waals surface area (Å²) in [5, 5.41) is 1.04. The molecule has 1 fully saturated rings. The van der Waals surface area contributed by atoms with Gasteiger partial charge in [0.2, 0.25) is 0 Å². The van der Waals surface area contributed by atoms with Crippen molar-refractivity contribution in [1.29, 1.82) is 0 Å². The summed E-state index contributed by atoms with van der Waals surface area (Å²) in [6, 6.07) is 7.99. The van der Waals surface area contributed by atoms with E-state index in [1.165, 1.54) is 12.8 Å². The minimum absolute atomic E-state index is 0.224. The molecule has 3 rings (SSSR count). The maximum atomic E-state index is 12.5. The number of likely N-dealkylation sites (tertiary alicyclic amines) is 1. The fourth-order valence-electron chi connectivity index (χ4n) is 2.91. The average Bonchev–Trinajstić information content (AvgIpc) is 2.85. The second-order valence-corrected chi connectivity index (χ2v) is 6.61. The lowest BCUT2D eigenvalue weighted by atomic mass is 9.82. The van der Waals surface area contributed by atoms with Crippen LogP contribution in [-0.4, -0.2) is 35.3 Å². The molecule has 0 atom stereocenters. The number of H-pyrrole nitrogens is 1. The summed E-state index contributed by atoms with van der Waals surface area (Å²) in [5.74, 6) is 0.224. The SMILES string of the molecule is CC1(C)CCN(CC(=O)c2c[nH]c3ccccc23)CC1. The van der Waals surface area contributed by atoms with E-state index in [0.717, 1.165) is 29.6 Å². The van der Waals surface area contributed by atoms with Gasteiger partial charge in [0, 0.05) is 22.7 Å². The van der Waals surface area contributed by atoms with Crippen molar-refractivity contribution in [2.75, 3.05) is 19.6 Å². The molecule has 3 heteroatoms. The Bertz CT molecular complexity index is 617. The highest BCUT2D eigenvalue weighted by molar-refractivity contribution is 6.08. The second-order valence-electron chi connectivity index (χ2n) is 6.61. The normalized spacial score (nSPS) is 19.3. The number of hydrogen-bond donors (Lipinski definition) is 1.